The molecule has 0 spiro atoms. The van der Waals surface area contributed by atoms with Crippen molar-refractivity contribution in [3.8, 4) is 0 Å². The Labute approximate surface area is 145 Å². The first-order chi connectivity index (χ1) is 10.6. The van der Waals surface area contributed by atoms with E-state index in [1.165, 1.54) is 6.42 Å². The third-order valence-electron chi connectivity index (χ3n) is 5.08. The molecule has 2 fully saturated rings. The SMILES string of the molecule is Cl.NC1CCC2CN(Cc3nc4ccc(Cl)cc4c(=O)[nH]3)CC12. The highest BCUT2D eigenvalue weighted by atomic mass is 35.5. The number of nitrogens with zero attached hydrogens (tertiary/aromatic N) is 2. The Kier molecular flexibility index (Phi) is 4.65. The van der Waals surface area contributed by atoms with Crippen LogP contribution >= 0.6 is 24.0 Å². The number of rotatable bonds is 2. The van der Waals surface area contributed by atoms with Crippen molar-refractivity contribution in [3.05, 3.63) is 39.4 Å². The van der Waals surface area contributed by atoms with Gasteiger partial charge in [-0.25, -0.2) is 4.98 Å². The second-order valence-corrected chi connectivity index (χ2v) is 6.97. The third-order valence-corrected chi connectivity index (χ3v) is 5.31. The Balaban J connectivity index is 0.00000156. The Morgan fingerprint density at radius 2 is 2.17 bits per heavy atom. The lowest BCUT2D eigenvalue weighted by Gasteiger charge is -2.17. The van der Waals surface area contributed by atoms with Gasteiger partial charge in [-0.1, -0.05) is 11.6 Å². The second kappa shape index (κ2) is 6.40. The zero-order valence-electron chi connectivity index (χ0n) is 12.7. The number of nitrogens with one attached hydrogen (secondary N) is 1. The van der Waals surface area contributed by atoms with Crippen LogP contribution in [0.2, 0.25) is 5.02 Å². The van der Waals surface area contributed by atoms with Gasteiger partial charge in [0, 0.05) is 24.2 Å². The average Bonchev–Trinajstić information content (AvgIpc) is 3.02. The van der Waals surface area contributed by atoms with Gasteiger partial charge in [-0.15, -0.1) is 12.4 Å². The largest absolute Gasteiger partial charge is 0.327 e. The molecule has 2 heterocycles. The summed E-state index contributed by atoms with van der Waals surface area (Å²) in [5, 5.41) is 1.09. The molecule has 1 saturated heterocycles. The monoisotopic (exact) mass is 354 g/mol. The predicted octanol–water partition coefficient (Wildman–Crippen LogP) is 2.17. The summed E-state index contributed by atoms with van der Waals surface area (Å²) in [5.41, 5.74) is 6.74. The van der Waals surface area contributed by atoms with Crippen LogP contribution in [0.5, 0.6) is 0 Å². The van der Waals surface area contributed by atoms with Crippen molar-refractivity contribution in [2.45, 2.75) is 25.4 Å². The molecule has 1 aliphatic heterocycles. The van der Waals surface area contributed by atoms with E-state index in [0.29, 0.717) is 46.2 Å². The Bertz CT molecular complexity index is 778. The van der Waals surface area contributed by atoms with Crippen LogP contribution in [0.4, 0.5) is 0 Å². The van der Waals surface area contributed by atoms with Gasteiger partial charge in [0.1, 0.15) is 5.82 Å². The molecular weight excluding hydrogens is 335 g/mol. The zero-order chi connectivity index (χ0) is 15.3. The third kappa shape index (κ3) is 3.11. The number of hydrogen-bond donors (Lipinski definition) is 2. The molecule has 23 heavy (non-hydrogen) atoms. The number of hydrogen-bond acceptors (Lipinski definition) is 4. The fraction of sp³-hybridized carbons (Fsp3) is 0.500. The van der Waals surface area contributed by atoms with Crippen molar-refractivity contribution in [2.75, 3.05) is 13.1 Å². The van der Waals surface area contributed by atoms with Gasteiger partial charge in [-0.2, -0.15) is 0 Å². The van der Waals surface area contributed by atoms with Crippen LogP contribution in [-0.2, 0) is 6.54 Å². The number of nitrogens with two attached hydrogens (primary N) is 1. The molecule has 0 radical (unpaired) electrons. The molecular formula is C16H20Cl2N4O. The highest BCUT2D eigenvalue weighted by Gasteiger charge is 2.40. The molecule has 1 aromatic carbocycles. The van der Waals surface area contributed by atoms with Gasteiger partial charge < -0.3 is 10.7 Å². The summed E-state index contributed by atoms with van der Waals surface area (Å²) in [6.45, 7) is 2.74. The quantitative estimate of drug-likeness (QED) is 0.866. The number of H-pyrrole nitrogens is 1. The molecule has 124 valence electrons. The van der Waals surface area contributed by atoms with Crippen molar-refractivity contribution in [2.24, 2.45) is 17.6 Å². The van der Waals surface area contributed by atoms with Gasteiger partial charge in [0.2, 0.25) is 0 Å². The number of aromatic nitrogens is 2. The fourth-order valence-corrected chi connectivity index (χ4v) is 4.15. The minimum absolute atomic E-state index is 0. The molecule has 4 rings (SSSR count). The molecule has 3 unspecified atom stereocenters. The molecule has 3 N–H and O–H groups in total. The van der Waals surface area contributed by atoms with Crippen molar-refractivity contribution in [3.63, 3.8) is 0 Å². The molecule has 1 aromatic heterocycles. The van der Waals surface area contributed by atoms with Crippen LogP contribution in [-0.4, -0.2) is 34.0 Å². The van der Waals surface area contributed by atoms with Crippen molar-refractivity contribution in [1.82, 2.24) is 14.9 Å². The molecule has 2 aromatic rings. The first-order valence-electron chi connectivity index (χ1n) is 7.76. The topological polar surface area (TPSA) is 75.0 Å². The summed E-state index contributed by atoms with van der Waals surface area (Å²) in [6.07, 6.45) is 2.37. The van der Waals surface area contributed by atoms with Crippen molar-refractivity contribution < 1.29 is 0 Å². The zero-order valence-corrected chi connectivity index (χ0v) is 14.2. The molecule has 2 aliphatic rings. The number of likely N-dealkylation sites (tertiary alicyclic amines) is 1. The summed E-state index contributed by atoms with van der Waals surface area (Å²) in [7, 11) is 0. The lowest BCUT2D eigenvalue weighted by Crippen LogP contribution is -2.30. The van der Waals surface area contributed by atoms with E-state index >= 15 is 0 Å². The normalized spacial score (nSPS) is 27.1. The lowest BCUT2D eigenvalue weighted by molar-refractivity contribution is 0.291. The van der Waals surface area contributed by atoms with Crippen LogP contribution in [0.15, 0.2) is 23.0 Å². The number of benzene rings is 1. The average molecular weight is 355 g/mol. The first kappa shape index (κ1) is 16.7. The van der Waals surface area contributed by atoms with E-state index in [9.17, 15) is 4.79 Å². The minimum atomic E-state index is -0.126. The summed E-state index contributed by atoms with van der Waals surface area (Å²) in [5.74, 6) is 2.03. The van der Waals surface area contributed by atoms with E-state index in [0.717, 1.165) is 19.5 Å². The van der Waals surface area contributed by atoms with Crippen LogP contribution < -0.4 is 11.3 Å². The molecule has 0 amide bonds. The Hall–Kier alpha value is -1.14. The van der Waals surface area contributed by atoms with Gasteiger partial charge >= 0.3 is 0 Å². The van der Waals surface area contributed by atoms with Gasteiger partial charge in [0.15, 0.2) is 0 Å². The van der Waals surface area contributed by atoms with E-state index < -0.39 is 0 Å². The van der Waals surface area contributed by atoms with Gasteiger partial charge in [-0.05, 0) is 42.9 Å². The highest BCUT2D eigenvalue weighted by Crippen LogP contribution is 2.37. The fourth-order valence-electron chi connectivity index (χ4n) is 3.97. The summed E-state index contributed by atoms with van der Waals surface area (Å²) in [6, 6.07) is 5.55. The van der Waals surface area contributed by atoms with E-state index in [2.05, 4.69) is 14.9 Å². The van der Waals surface area contributed by atoms with Crippen molar-refractivity contribution >= 4 is 34.9 Å². The van der Waals surface area contributed by atoms with Crippen molar-refractivity contribution in [1.29, 1.82) is 0 Å². The predicted molar refractivity (Wildman–Crippen MR) is 94.1 cm³/mol. The Morgan fingerprint density at radius 3 is 2.96 bits per heavy atom. The summed E-state index contributed by atoms with van der Waals surface area (Å²) >= 11 is 5.94. The van der Waals surface area contributed by atoms with Crippen LogP contribution in [0.3, 0.4) is 0 Å². The lowest BCUT2D eigenvalue weighted by atomic mass is 9.98. The maximum atomic E-state index is 12.2. The highest BCUT2D eigenvalue weighted by molar-refractivity contribution is 6.31. The maximum absolute atomic E-state index is 12.2. The Morgan fingerprint density at radius 1 is 1.35 bits per heavy atom. The number of halogens is 2. The van der Waals surface area contributed by atoms with Gasteiger partial charge in [0.05, 0.1) is 17.4 Å². The van der Waals surface area contributed by atoms with Gasteiger partial charge in [0.25, 0.3) is 5.56 Å². The molecule has 0 bridgehead atoms. The van der Waals surface area contributed by atoms with E-state index in [1.807, 2.05) is 0 Å². The van der Waals surface area contributed by atoms with Crippen LogP contribution in [0.1, 0.15) is 18.7 Å². The number of fused-ring (bicyclic) bond motifs is 2. The molecule has 1 aliphatic carbocycles. The summed E-state index contributed by atoms with van der Waals surface area (Å²) < 4.78 is 0. The van der Waals surface area contributed by atoms with Crippen LogP contribution in [0.25, 0.3) is 10.9 Å². The molecule has 1 saturated carbocycles. The van der Waals surface area contributed by atoms with E-state index in [4.69, 9.17) is 17.3 Å². The van der Waals surface area contributed by atoms with Gasteiger partial charge in [-0.3, -0.25) is 9.69 Å². The smallest absolute Gasteiger partial charge is 0.258 e. The molecule has 7 heteroatoms. The molecule has 3 atom stereocenters. The first-order valence-corrected chi connectivity index (χ1v) is 8.14. The standard InChI is InChI=1S/C16H19ClN4O.ClH/c17-10-2-4-14-11(5-10)16(22)20-15(19-14)8-21-6-9-1-3-13(18)12(9)7-21;/h2,4-5,9,12-13H,1,3,6-8,18H2,(H,19,20,22);1H. The second-order valence-electron chi connectivity index (χ2n) is 6.53. The number of aromatic amines is 1. The van der Waals surface area contributed by atoms with Crippen LogP contribution in [0, 0.1) is 11.8 Å². The van der Waals surface area contributed by atoms with E-state index in [-0.39, 0.29) is 18.0 Å². The van der Waals surface area contributed by atoms with E-state index in [1.54, 1.807) is 18.2 Å². The minimum Gasteiger partial charge on any atom is -0.327 e. The maximum Gasteiger partial charge on any atom is 0.258 e. The molecule has 5 nitrogen and oxygen atoms in total. The summed E-state index contributed by atoms with van der Waals surface area (Å²) in [4.78, 5) is 22.0.